The van der Waals surface area contributed by atoms with E-state index in [1.165, 1.54) is 16.7 Å². The van der Waals surface area contributed by atoms with Gasteiger partial charge in [-0.05, 0) is 80.5 Å². The van der Waals surface area contributed by atoms with Gasteiger partial charge in [-0.2, -0.15) is 0 Å². The molecule has 250 valence electrons. The lowest BCUT2D eigenvalue weighted by molar-refractivity contribution is -0.127. The van der Waals surface area contributed by atoms with Crippen LogP contribution in [0.4, 0.5) is 11.4 Å². The minimum atomic E-state index is -0.468. The van der Waals surface area contributed by atoms with Gasteiger partial charge in [0, 0.05) is 38.3 Å². The van der Waals surface area contributed by atoms with Gasteiger partial charge in [0.05, 0.1) is 44.2 Å². The summed E-state index contributed by atoms with van der Waals surface area (Å²) >= 11 is 0. The number of hydrogen-bond donors (Lipinski definition) is 1. The third-order valence-electron chi connectivity index (χ3n) is 8.19. The SMILES string of the molecule is Cc1ccc2c(c1)N=C(C1C=CC(c3cccc(N(C)CCOCCOCCNC(=O)CC(C)(C)OCCC(C)C)c3)=CC1)CO2. The first-order chi connectivity index (χ1) is 22.1. The van der Waals surface area contributed by atoms with E-state index in [0.29, 0.717) is 58.5 Å². The number of likely N-dealkylation sites (N-methyl/N-ethyl adjacent to an activating group) is 1. The Balaban J connectivity index is 1.10. The van der Waals surface area contributed by atoms with Gasteiger partial charge in [-0.1, -0.05) is 50.3 Å². The summed E-state index contributed by atoms with van der Waals surface area (Å²) in [5, 5.41) is 2.91. The summed E-state index contributed by atoms with van der Waals surface area (Å²) in [5.41, 5.74) is 6.30. The van der Waals surface area contributed by atoms with Crippen LogP contribution in [0.2, 0.25) is 0 Å². The molecule has 8 heteroatoms. The first-order valence-electron chi connectivity index (χ1n) is 16.7. The number of aryl methyl sites for hydroxylation is 1. The molecular formula is C38H53N3O5. The van der Waals surface area contributed by atoms with Crippen molar-refractivity contribution >= 4 is 28.6 Å². The molecule has 1 amide bonds. The van der Waals surface area contributed by atoms with E-state index < -0.39 is 5.60 Å². The van der Waals surface area contributed by atoms with Crippen molar-refractivity contribution in [1.82, 2.24) is 5.32 Å². The fourth-order valence-electron chi connectivity index (χ4n) is 5.36. The number of ether oxygens (including phenoxy) is 4. The molecule has 0 bridgehead atoms. The summed E-state index contributed by atoms with van der Waals surface area (Å²) in [6.45, 7) is 14.8. The molecule has 2 aromatic carbocycles. The molecule has 1 aliphatic heterocycles. The molecule has 0 radical (unpaired) electrons. The van der Waals surface area contributed by atoms with E-state index in [1.54, 1.807) is 0 Å². The third-order valence-corrected chi connectivity index (χ3v) is 8.19. The number of fused-ring (bicyclic) bond motifs is 1. The summed E-state index contributed by atoms with van der Waals surface area (Å²) in [5.74, 6) is 1.68. The summed E-state index contributed by atoms with van der Waals surface area (Å²) in [6.07, 6.45) is 9.00. The molecule has 4 rings (SSSR count). The molecule has 1 unspecified atom stereocenters. The Morgan fingerprint density at radius 1 is 1.09 bits per heavy atom. The van der Waals surface area contributed by atoms with Gasteiger partial charge in [0.1, 0.15) is 18.0 Å². The van der Waals surface area contributed by atoms with Gasteiger partial charge in [-0.15, -0.1) is 0 Å². The Morgan fingerprint density at radius 3 is 2.65 bits per heavy atom. The maximum absolute atomic E-state index is 12.2. The molecule has 0 saturated heterocycles. The van der Waals surface area contributed by atoms with E-state index in [9.17, 15) is 4.79 Å². The van der Waals surface area contributed by atoms with Crippen LogP contribution in [0.3, 0.4) is 0 Å². The van der Waals surface area contributed by atoms with Crippen molar-refractivity contribution in [2.75, 3.05) is 64.7 Å². The molecule has 2 aliphatic rings. The number of carbonyl (C=O) groups is 1. The van der Waals surface area contributed by atoms with Gasteiger partial charge in [-0.3, -0.25) is 4.79 Å². The standard InChI is InChI=1S/C38H53N3O5/c1-28(2)16-19-46-38(4,5)26-37(42)39-17-20-43-22-23-44-21-18-41(6)33-9-7-8-32(25-33)30-11-13-31(14-12-30)35-27-45-36-15-10-29(3)24-34(36)40-35/h7-13,15,24-25,28,31H,14,16-23,26-27H2,1-6H3,(H,39,42). The smallest absolute Gasteiger partial charge is 0.222 e. The van der Waals surface area contributed by atoms with Crippen LogP contribution in [0.1, 0.15) is 58.1 Å². The number of hydrogen-bond acceptors (Lipinski definition) is 7. The second-order valence-corrected chi connectivity index (χ2v) is 13.2. The van der Waals surface area contributed by atoms with Gasteiger partial charge < -0.3 is 29.2 Å². The molecule has 8 nitrogen and oxygen atoms in total. The van der Waals surface area contributed by atoms with E-state index in [4.69, 9.17) is 23.9 Å². The first kappa shape index (κ1) is 35.4. The predicted molar refractivity (Wildman–Crippen MR) is 187 cm³/mol. The zero-order valence-corrected chi connectivity index (χ0v) is 28.6. The van der Waals surface area contributed by atoms with Crippen molar-refractivity contribution in [1.29, 1.82) is 0 Å². The second kappa shape index (κ2) is 17.5. The molecular weight excluding hydrogens is 578 g/mol. The number of allylic oxidation sites excluding steroid dienone is 4. The zero-order chi connectivity index (χ0) is 32.9. The van der Waals surface area contributed by atoms with E-state index >= 15 is 0 Å². The number of nitrogens with zero attached hydrogens (tertiary/aromatic N) is 2. The van der Waals surface area contributed by atoms with Crippen molar-refractivity contribution in [2.45, 2.75) is 59.5 Å². The largest absolute Gasteiger partial charge is 0.485 e. The predicted octanol–water partition coefficient (Wildman–Crippen LogP) is 6.94. The molecule has 46 heavy (non-hydrogen) atoms. The van der Waals surface area contributed by atoms with Gasteiger partial charge in [-0.25, -0.2) is 4.99 Å². The minimum Gasteiger partial charge on any atom is -0.485 e. The molecule has 0 fully saturated rings. The number of benzene rings is 2. The van der Waals surface area contributed by atoms with Crippen LogP contribution >= 0.6 is 0 Å². The number of aliphatic imine (C=N–C) groups is 1. The van der Waals surface area contributed by atoms with Gasteiger partial charge in [0.2, 0.25) is 5.91 Å². The number of anilines is 1. The maximum Gasteiger partial charge on any atom is 0.222 e. The normalized spacial score (nSPS) is 16.0. The van der Waals surface area contributed by atoms with Crippen molar-refractivity contribution in [3.8, 4) is 5.75 Å². The highest BCUT2D eigenvalue weighted by Crippen LogP contribution is 2.34. The Morgan fingerprint density at radius 2 is 1.89 bits per heavy atom. The highest BCUT2D eigenvalue weighted by molar-refractivity contribution is 5.95. The van der Waals surface area contributed by atoms with E-state index in [1.807, 2.05) is 19.9 Å². The fourth-order valence-corrected chi connectivity index (χ4v) is 5.36. The Labute approximate surface area is 275 Å². The average Bonchev–Trinajstić information content (AvgIpc) is 3.03. The Hall–Kier alpha value is -3.46. The quantitative estimate of drug-likeness (QED) is 0.180. The fraction of sp³-hybridized carbons (Fsp3) is 0.526. The second-order valence-electron chi connectivity index (χ2n) is 13.2. The maximum atomic E-state index is 12.2. The summed E-state index contributed by atoms with van der Waals surface area (Å²) in [7, 11) is 2.08. The van der Waals surface area contributed by atoms with Crippen molar-refractivity contribution < 1.29 is 23.7 Å². The van der Waals surface area contributed by atoms with Crippen LogP contribution in [0, 0.1) is 18.8 Å². The van der Waals surface area contributed by atoms with Gasteiger partial charge in [0.15, 0.2) is 0 Å². The van der Waals surface area contributed by atoms with Crippen LogP contribution < -0.4 is 15.0 Å². The molecule has 2 aromatic rings. The topological polar surface area (TPSA) is 81.6 Å². The summed E-state index contributed by atoms with van der Waals surface area (Å²) in [6, 6.07) is 14.8. The monoisotopic (exact) mass is 631 g/mol. The Bertz CT molecular complexity index is 1380. The van der Waals surface area contributed by atoms with Crippen LogP contribution in [-0.4, -0.2) is 77.0 Å². The van der Waals surface area contributed by atoms with Crippen molar-refractivity contribution in [3.05, 3.63) is 71.8 Å². The van der Waals surface area contributed by atoms with Crippen LogP contribution in [0.25, 0.3) is 5.57 Å². The molecule has 1 atom stereocenters. The number of rotatable bonds is 18. The highest BCUT2D eigenvalue weighted by atomic mass is 16.5. The van der Waals surface area contributed by atoms with E-state index in [0.717, 1.165) is 42.2 Å². The van der Waals surface area contributed by atoms with Crippen LogP contribution in [-0.2, 0) is 19.0 Å². The van der Waals surface area contributed by atoms with Gasteiger partial charge >= 0.3 is 0 Å². The van der Waals surface area contributed by atoms with Crippen molar-refractivity contribution in [2.24, 2.45) is 16.8 Å². The molecule has 1 heterocycles. The number of carbonyl (C=O) groups excluding carboxylic acids is 1. The highest BCUT2D eigenvalue weighted by Gasteiger charge is 2.23. The molecule has 1 N–H and O–H groups in total. The lowest BCUT2D eigenvalue weighted by Crippen LogP contribution is -2.36. The number of nitrogens with one attached hydrogen (secondary N) is 1. The average molecular weight is 632 g/mol. The van der Waals surface area contributed by atoms with Crippen LogP contribution in [0.5, 0.6) is 5.75 Å². The number of amides is 1. The molecule has 1 aliphatic carbocycles. The van der Waals surface area contributed by atoms with E-state index in [2.05, 4.69) is 92.7 Å². The lowest BCUT2D eigenvalue weighted by Gasteiger charge is -2.25. The minimum absolute atomic E-state index is 0.0208. The molecule has 0 aromatic heterocycles. The molecule has 0 saturated carbocycles. The van der Waals surface area contributed by atoms with Crippen LogP contribution in [0.15, 0.2) is 65.7 Å². The van der Waals surface area contributed by atoms with Gasteiger partial charge in [0.25, 0.3) is 0 Å². The zero-order valence-electron chi connectivity index (χ0n) is 28.6. The Kier molecular flexibility index (Phi) is 13.4. The lowest BCUT2D eigenvalue weighted by atomic mass is 9.89. The van der Waals surface area contributed by atoms with E-state index in [-0.39, 0.29) is 11.8 Å². The third kappa shape index (κ3) is 11.4. The van der Waals surface area contributed by atoms with Crippen molar-refractivity contribution in [3.63, 3.8) is 0 Å². The summed E-state index contributed by atoms with van der Waals surface area (Å²) < 4.78 is 23.3. The molecule has 0 spiro atoms. The first-order valence-corrected chi connectivity index (χ1v) is 16.7. The summed E-state index contributed by atoms with van der Waals surface area (Å²) in [4.78, 5) is 19.4.